The monoisotopic (exact) mass is 393 g/mol. The highest BCUT2D eigenvalue weighted by molar-refractivity contribution is 6.11. The summed E-state index contributed by atoms with van der Waals surface area (Å²) < 4.78 is 24.9. The number of fused-ring (bicyclic) bond motifs is 1. The number of anilines is 2. The zero-order valence-electron chi connectivity index (χ0n) is 16.3. The maximum absolute atomic E-state index is 14.1. The highest BCUT2D eigenvalue weighted by Crippen LogP contribution is 2.42. The average Bonchev–Trinajstić information content (AvgIpc) is 3.02. The second kappa shape index (κ2) is 7.43. The van der Waals surface area contributed by atoms with Crippen LogP contribution in [-0.2, 0) is 0 Å². The van der Waals surface area contributed by atoms with E-state index in [-0.39, 0.29) is 11.7 Å². The summed E-state index contributed by atoms with van der Waals surface area (Å²) in [5, 5.41) is 3.24. The molecular weight excluding hydrogens is 373 g/mol. The number of aryl methyl sites for hydroxylation is 1. The van der Waals surface area contributed by atoms with Gasteiger partial charge in [-0.25, -0.2) is 4.39 Å². The third-order valence-electron chi connectivity index (χ3n) is 4.93. The van der Waals surface area contributed by atoms with Crippen molar-refractivity contribution in [1.82, 2.24) is 4.98 Å². The number of ether oxygens (including phenoxy) is 2. The van der Waals surface area contributed by atoms with Gasteiger partial charge < -0.3 is 14.8 Å². The van der Waals surface area contributed by atoms with Crippen molar-refractivity contribution in [2.45, 2.75) is 13.1 Å². The van der Waals surface area contributed by atoms with E-state index < -0.39 is 6.17 Å². The van der Waals surface area contributed by atoms with Crippen molar-refractivity contribution in [2.75, 3.05) is 24.4 Å². The molecule has 0 fully saturated rings. The van der Waals surface area contributed by atoms with Crippen molar-refractivity contribution in [2.24, 2.45) is 0 Å². The van der Waals surface area contributed by atoms with Crippen molar-refractivity contribution < 1.29 is 18.7 Å². The van der Waals surface area contributed by atoms with Crippen LogP contribution < -0.4 is 19.7 Å². The Balaban J connectivity index is 1.83. The van der Waals surface area contributed by atoms with Crippen LogP contribution in [0.15, 0.2) is 54.7 Å². The van der Waals surface area contributed by atoms with Crippen LogP contribution in [0, 0.1) is 12.7 Å². The molecule has 1 atom stereocenters. The Hall–Kier alpha value is -3.61. The predicted molar refractivity (Wildman–Crippen MR) is 108 cm³/mol. The van der Waals surface area contributed by atoms with Gasteiger partial charge in [-0.2, -0.15) is 0 Å². The molecule has 0 spiro atoms. The lowest BCUT2D eigenvalue weighted by molar-refractivity contribution is 0.0992. The first-order valence-corrected chi connectivity index (χ1v) is 9.06. The zero-order chi connectivity index (χ0) is 20.5. The maximum atomic E-state index is 14.1. The van der Waals surface area contributed by atoms with Gasteiger partial charge in [0.25, 0.3) is 5.91 Å². The van der Waals surface area contributed by atoms with Gasteiger partial charge in [-0.05, 0) is 48.9 Å². The molecule has 4 rings (SSSR count). The summed E-state index contributed by atoms with van der Waals surface area (Å²) in [7, 11) is 3.09. The molecule has 0 saturated heterocycles. The van der Waals surface area contributed by atoms with E-state index >= 15 is 0 Å². The lowest BCUT2D eigenvalue weighted by atomic mass is 10.2. The third-order valence-corrected chi connectivity index (χ3v) is 4.93. The van der Waals surface area contributed by atoms with Crippen LogP contribution in [-0.4, -0.2) is 25.1 Å². The summed E-state index contributed by atoms with van der Waals surface area (Å²) in [6.07, 6.45) is 0.991. The number of carbonyl (C=O) groups excluding carboxylic acids is 1. The third kappa shape index (κ3) is 3.24. The molecule has 1 aromatic heterocycles. The van der Waals surface area contributed by atoms with Crippen LogP contribution in [0.3, 0.4) is 0 Å². The Morgan fingerprint density at radius 1 is 1.10 bits per heavy atom. The standard InChI is InChI=1S/C22H20FN3O3/c1-13-6-7-14(11-17(13)23)25-21-20-16(5-4-10-24-20)22(27)26(21)18-12-15(28-2)8-9-19(18)29-3/h4-12,21,25H,1-3H3. The minimum atomic E-state index is -0.637. The molecule has 0 aliphatic carbocycles. The van der Waals surface area contributed by atoms with E-state index in [0.717, 1.165) is 0 Å². The molecular formula is C22H20FN3O3. The first kappa shape index (κ1) is 18.7. The Labute approximate surface area is 167 Å². The van der Waals surface area contributed by atoms with Crippen molar-refractivity contribution in [3.05, 3.63) is 77.4 Å². The molecule has 6 nitrogen and oxygen atoms in total. The number of aromatic nitrogens is 1. The van der Waals surface area contributed by atoms with Gasteiger partial charge in [0.2, 0.25) is 0 Å². The number of nitrogens with zero attached hydrogens (tertiary/aromatic N) is 2. The first-order chi connectivity index (χ1) is 14.0. The highest BCUT2D eigenvalue weighted by atomic mass is 19.1. The predicted octanol–water partition coefficient (Wildman–Crippen LogP) is 4.32. The highest BCUT2D eigenvalue weighted by Gasteiger charge is 2.40. The van der Waals surface area contributed by atoms with Gasteiger partial charge in [0.05, 0.1) is 31.2 Å². The van der Waals surface area contributed by atoms with Crippen molar-refractivity contribution in [3.8, 4) is 11.5 Å². The Kier molecular flexibility index (Phi) is 4.80. The maximum Gasteiger partial charge on any atom is 0.262 e. The summed E-state index contributed by atoms with van der Waals surface area (Å²) in [4.78, 5) is 19.2. The van der Waals surface area contributed by atoms with Gasteiger partial charge in [0, 0.05) is 18.0 Å². The second-order valence-electron chi connectivity index (χ2n) is 6.66. The molecule has 29 heavy (non-hydrogen) atoms. The number of nitrogens with one attached hydrogen (secondary N) is 1. The van der Waals surface area contributed by atoms with E-state index in [1.165, 1.54) is 13.2 Å². The van der Waals surface area contributed by atoms with Crippen LogP contribution in [0.2, 0.25) is 0 Å². The van der Waals surface area contributed by atoms with Gasteiger partial charge in [-0.1, -0.05) is 6.07 Å². The number of methoxy groups -OCH3 is 2. The normalized spacial score (nSPS) is 15.2. The topological polar surface area (TPSA) is 63.7 Å². The summed E-state index contributed by atoms with van der Waals surface area (Å²) in [6.45, 7) is 1.70. The van der Waals surface area contributed by atoms with Crippen molar-refractivity contribution in [3.63, 3.8) is 0 Å². The molecule has 1 amide bonds. The Morgan fingerprint density at radius 3 is 2.66 bits per heavy atom. The SMILES string of the molecule is COc1ccc(OC)c(N2C(=O)c3cccnc3C2Nc2ccc(C)c(F)c2)c1. The largest absolute Gasteiger partial charge is 0.497 e. The number of pyridine rings is 1. The first-order valence-electron chi connectivity index (χ1n) is 9.06. The summed E-state index contributed by atoms with van der Waals surface area (Å²) in [5.41, 5.74) is 2.64. The zero-order valence-corrected chi connectivity index (χ0v) is 16.3. The number of rotatable bonds is 5. The number of halogens is 1. The molecule has 0 saturated carbocycles. The van der Waals surface area contributed by atoms with E-state index in [9.17, 15) is 9.18 Å². The molecule has 1 aliphatic heterocycles. The fourth-order valence-electron chi connectivity index (χ4n) is 3.39. The molecule has 1 unspecified atom stereocenters. The molecule has 2 aromatic carbocycles. The van der Waals surface area contributed by atoms with Crippen LogP contribution in [0.25, 0.3) is 0 Å². The van der Waals surface area contributed by atoms with Crippen LogP contribution in [0.5, 0.6) is 11.5 Å². The van der Waals surface area contributed by atoms with E-state index in [4.69, 9.17) is 9.47 Å². The van der Waals surface area contributed by atoms with Gasteiger partial charge >= 0.3 is 0 Å². The summed E-state index contributed by atoms with van der Waals surface area (Å²) in [5.74, 6) is 0.530. The average molecular weight is 393 g/mol. The van der Waals surface area contributed by atoms with E-state index in [0.29, 0.717) is 39.7 Å². The number of hydrogen-bond donors (Lipinski definition) is 1. The van der Waals surface area contributed by atoms with Crippen LogP contribution in [0.1, 0.15) is 27.8 Å². The summed E-state index contributed by atoms with van der Waals surface area (Å²) in [6, 6.07) is 13.5. The van der Waals surface area contributed by atoms with Gasteiger partial charge in [0.1, 0.15) is 17.3 Å². The van der Waals surface area contributed by atoms with E-state index in [1.807, 2.05) is 0 Å². The fourth-order valence-corrected chi connectivity index (χ4v) is 3.39. The molecule has 0 radical (unpaired) electrons. The summed E-state index contributed by atoms with van der Waals surface area (Å²) >= 11 is 0. The van der Waals surface area contributed by atoms with Gasteiger partial charge in [-0.15, -0.1) is 0 Å². The molecule has 1 aliphatic rings. The lowest BCUT2D eigenvalue weighted by Crippen LogP contribution is -2.32. The number of benzene rings is 2. The van der Waals surface area contributed by atoms with Crippen LogP contribution in [0.4, 0.5) is 15.8 Å². The van der Waals surface area contributed by atoms with Gasteiger partial charge in [-0.3, -0.25) is 14.7 Å². The van der Waals surface area contributed by atoms with E-state index in [1.54, 1.807) is 67.6 Å². The number of carbonyl (C=O) groups is 1. The minimum absolute atomic E-state index is 0.232. The molecule has 0 bridgehead atoms. The van der Waals surface area contributed by atoms with E-state index in [2.05, 4.69) is 10.3 Å². The Bertz CT molecular complexity index is 1090. The van der Waals surface area contributed by atoms with Crippen LogP contribution >= 0.6 is 0 Å². The molecule has 3 aromatic rings. The number of amides is 1. The van der Waals surface area contributed by atoms with Crippen molar-refractivity contribution >= 4 is 17.3 Å². The second-order valence-corrected chi connectivity index (χ2v) is 6.66. The smallest absolute Gasteiger partial charge is 0.262 e. The van der Waals surface area contributed by atoms with Crippen molar-refractivity contribution in [1.29, 1.82) is 0 Å². The molecule has 1 N–H and O–H groups in total. The van der Waals surface area contributed by atoms with Gasteiger partial charge in [0.15, 0.2) is 6.17 Å². The minimum Gasteiger partial charge on any atom is -0.497 e. The molecule has 7 heteroatoms. The molecule has 2 heterocycles. The Morgan fingerprint density at radius 2 is 1.93 bits per heavy atom. The number of hydrogen-bond acceptors (Lipinski definition) is 5. The molecule has 148 valence electrons. The lowest BCUT2D eigenvalue weighted by Gasteiger charge is -2.28. The fraction of sp³-hybridized carbons (Fsp3) is 0.182. The quantitative estimate of drug-likeness (QED) is 0.700.